The van der Waals surface area contributed by atoms with Crippen molar-refractivity contribution in [2.45, 2.75) is 13.8 Å². The van der Waals surface area contributed by atoms with E-state index in [1.807, 2.05) is 0 Å². The van der Waals surface area contributed by atoms with Crippen LogP contribution in [-0.4, -0.2) is 53.2 Å². The summed E-state index contributed by atoms with van der Waals surface area (Å²) in [6.45, 7) is 7.42. The number of benzene rings is 1. The van der Waals surface area contributed by atoms with Crippen LogP contribution in [0.25, 0.3) is 11.4 Å². The molecule has 0 unspecified atom stereocenters. The number of carbonyl (C=O) groups excluding carboxylic acids is 1. The van der Waals surface area contributed by atoms with E-state index in [4.69, 9.17) is 18.9 Å². The second kappa shape index (κ2) is 12.5. The summed E-state index contributed by atoms with van der Waals surface area (Å²) in [5.74, 6) is -0.247. The smallest absolute Gasteiger partial charge is 0.281 e. The van der Waals surface area contributed by atoms with Crippen molar-refractivity contribution in [2.75, 3.05) is 26.1 Å². The summed E-state index contributed by atoms with van der Waals surface area (Å²) in [6.07, 6.45) is 7.71. The van der Waals surface area contributed by atoms with Crippen LogP contribution >= 0.6 is 0 Å². The number of aliphatic imine (C=N–C) groups is 1. The molecule has 0 fully saturated rings. The predicted octanol–water partition coefficient (Wildman–Crippen LogP) is 5.24. The van der Waals surface area contributed by atoms with Crippen LogP contribution in [0.3, 0.4) is 0 Å². The predicted molar refractivity (Wildman–Crippen MR) is 148 cm³/mol. The second-order valence-electron chi connectivity index (χ2n) is 8.02. The van der Waals surface area contributed by atoms with Crippen LogP contribution in [0, 0.1) is 5.82 Å². The number of allylic oxidation sites excluding steroid dienone is 1. The standard InChI is InChI=1S/C28H27FN6O5/c1-6-22(19-12-23(37-4)24(38-5)13-21(19)30-3)40-18-11-20(29)27(32-15-18)33-28(36)26-25(39-7-2)16-35(34-26)17-9-8-10-31-14-17/h6,8-16H,3,7H2,1-2,4-5H3,(H,32,33,36)/b22-6+. The Morgan fingerprint density at radius 1 is 1.18 bits per heavy atom. The van der Waals surface area contributed by atoms with E-state index in [9.17, 15) is 4.79 Å². The number of ether oxygens (including phenoxy) is 4. The van der Waals surface area contributed by atoms with Gasteiger partial charge in [0.1, 0.15) is 11.5 Å². The van der Waals surface area contributed by atoms with Gasteiger partial charge in [-0.3, -0.25) is 14.8 Å². The van der Waals surface area contributed by atoms with Crippen molar-refractivity contribution in [3.05, 3.63) is 78.3 Å². The molecule has 3 heterocycles. The van der Waals surface area contributed by atoms with Crippen molar-refractivity contribution in [2.24, 2.45) is 4.99 Å². The number of methoxy groups -OCH3 is 2. The number of pyridine rings is 2. The molecule has 1 N–H and O–H groups in total. The monoisotopic (exact) mass is 546 g/mol. The lowest BCUT2D eigenvalue weighted by Gasteiger charge is -2.16. The third-order valence-corrected chi connectivity index (χ3v) is 5.58. The van der Waals surface area contributed by atoms with E-state index in [0.29, 0.717) is 40.8 Å². The zero-order valence-corrected chi connectivity index (χ0v) is 22.3. The fourth-order valence-electron chi connectivity index (χ4n) is 3.73. The van der Waals surface area contributed by atoms with E-state index in [2.05, 4.69) is 32.1 Å². The SMILES string of the molecule is C=Nc1cc(OC)c(OC)cc1/C(=C\C)Oc1cnc(NC(=O)c2nn(-c3cccnc3)cc2OCC)c(F)c1. The van der Waals surface area contributed by atoms with Gasteiger partial charge < -0.3 is 24.3 Å². The average molecular weight is 547 g/mol. The molecule has 0 aliphatic rings. The summed E-state index contributed by atoms with van der Waals surface area (Å²) in [5, 5.41) is 6.74. The maximum Gasteiger partial charge on any atom is 0.281 e. The molecule has 0 aliphatic carbocycles. The summed E-state index contributed by atoms with van der Waals surface area (Å²) in [7, 11) is 3.02. The number of nitrogens with one attached hydrogen (secondary N) is 1. The molecule has 4 aromatic rings. The van der Waals surface area contributed by atoms with Gasteiger partial charge in [0.25, 0.3) is 5.91 Å². The average Bonchev–Trinajstić information content (AvgIpc) is 3.41. The maximum atomic E-state index is 15.1. The second-order valence-corrected chi connectivity index (χ2v) is 8.02. The molecular weight excluding hydrogens is 519 g/mol. The molecule has 0 atom stereocenters. The molecule has 3 aromatic heterocycles. The minimum atomic E-state index is -0.819. The Morgan fingerprint density at radius 2 is 1.95 bits per heavy atom. The largest absolute Gasteiger partial charge is 0.493 e. The van der Waals surface area contributed by atoms with Crippen LogP contribution < -0.4 is 24.3 Å². The fraction of sp³-hybridized carbons (Fsp3) is 0.179. The van der Waals surface area contributed by atoms with Crippen molar-refractivity contribution in [3.8, 4) is 28.7 Å². The summed E-state index contributed by atoms with van der Waals surface area (Å²) in [5.41, 5.74) is 1.60. The molecule has 11 nitrogen and oxygen atoms in total. The van der Waals surface area contributed by atoms with Gasteiger partial charge in [-0.05, 0) is 44.8 Å². The Kier molecular flexibility index (Phi) is 8.69. The third kappa shape index (κ3) is 5.90. The number of rotatable bonds is 11. The first-order valence-electron chi connectivity index (χ1n) is 12.1. The Balaban J connectivity index is 1.56. The number of hydrogen-bond donors (Lipinski definition) is 1. The number of carbonyl (C=O) groups is 1. The van der Waals surface area contributed by atoms with Gasteiger partial charge in [-0.2, -0.15) is 5.10 Å². The normalized spacial score (nSPS) is 11.1. The first-order valence-corrected chi connectivity index (χ1v) is 12.1. The van der Waals surface area contributed by atoms with Gasteiger partial charge in [-0.1, -0.05) is 0 Å². The van der Waals surface area contributed by atoms with Crippen LogP contribution in [0.15, 0.2) is 66.2 Å². The van der Waals surface area contributed by atoms with Gasteiger partial charge in [-0.25, -0.2) is 14.1 Å². The van der Waals surface area contributed by atoms with Gasteiger partial charge in [0.2, 0.25) is 0 Å². The quantitative estimate of drug-likeness (QED) is 0.200. The number of anilines is 1. The molecule has 40 heavy (non-hydrogen) atoms. The lowest BCUT2D eigenvalue weighted by molar-refractivity contribution is 0.101. The topological polar surface area (TPSA) is 122 Å². The Hall–Kier alpha value is -5.26. The molecule has 0 bridgehead atoms. The third-order valence-electron chi connectivity index (χ3n) is 5.58. The van der Waals surface area contributed by atoms with Crippen LogP contribution in [0.2, 0.25) is 0 Å². The van der Waals surface area contributed by atoms with E-state index in [1.165, 1.54) is 25.1 Å². The summed E-state index contributed by atoms with van der Waals surface area (Å²) in [4.78, 5) is 25.1. The fourth-order valence-corrected chi connectivity index (χ4v) is 3.73. The summed E-state index contributed by atoms with van der Waals surface area (Å²) in [6, 6.07) is 7.94. The van der Waals surface area contributed by atoms with Crippen LogP contribution in [0.5, 0.6) is 23.0 Å². The number of nitrogens with zero attached hydrogens (tertiary/aromatic N) is 5. The molecule has 206 valence electrons. The van der Waals surface area contributed by atoms with E-state index >= 15 is 4.39 Å². The summed E-state index contributed by atoms with van der Waals surface area (Å²) >= 11 is 0. The van der Waals surface area contributed by atoms with E-state index in [0.717, 1.165) is 6.07 Å². The van der Waals surface area contributed by atoms with Gasteiger partial charge in [0.05, 0.1) is 50.8 Å². The van der Waals surface area contributed by atoms with Crippen molar-refractivity contribution in [1.82, 2.24) is 19.7 Å². The lowest BCUT2D eigenvalue weighted by atomic mass is 10.1. The van der Waals surface area contributed by atoms with Gasteiger partial charge >= 0.3 is 0 Å². The van der Waals surface area contributed by atoms with E-state index < -0.39 is 11.7 Å². The molecule has 12 heteroatoms. The molecular formula is C28H27FN6O5. The van der Waals surface area contributed by atoms with Crippen molar-refractivity contribution in [1.29, 1.82) is 0 Å². The van der Waals surface area contributed by atoms with E-state index in [1.54, 1.807) is 62.8 Å². The van der Waals surface area contributed by atoms with Crippen LogP contribution in [0.1, 0.15) is 29.9 Å². The lowest BCUT2D eigenvalue weighted by Crippen LogP contribution is -2.16. The minimum Gasteiger partial charge on any atom is -0.493 e. The van der Waals surface area contributed by atoms with Crippen LogP contribution in [0.4, 0.5) is 15.9 Å². The molecule has 0 saturated carbocycles. The van der Waals surface area contributed by atoms with Crippen molar-refractivity contribution in [3.63, 3.8) is 0 Å². The van der Waals surface area contributed by atoms with Gasteiger partial charge in [0.15, 0.2) is 34.6 Å². The highest BCUT2D eigenvalue weighted by Crippen LogP contribution is 2.38. The van der Waals surface area contributed by atoms with Gasteiger partial charge in [-0.15, -0.1) is 0 Å². The Bertz CT molecular complexity index is 1550. The molecule has 0 aliphatic heterocycles. The highest BCUT2D eigenvalue weighted by molar-refractivity contribution is 6.04. The molecule has 0 spiro atoms. The molecule has 4 rings (SSSR count). The number of amides is 1. The number of halogens is 1. The zero-order valence-electron chi connectivity index (χ0n) is 22.3. The number of hydrogen-bond acceptors (Lipinski definition) is 9. The molecule has 1 amide bonds. The Morgan fingerprint density at radius 3 is 2.58 bits per heavy atom. The van der Waals surface area contributed by atoms with Crippen molar-refractivity contribution >= 4 is 29.9 Å². The highest BCUT2D eigenvalue weighted by Gasteiger charge is 2.22. The first-order chi connectivity index (χ1) is 19.4. The van der Waals surface area contributed by atoms with Gasteiger partial charge in [0, 0.05) is 23.9 Å². The van der Waals surface area contributed by atoms with Crippen molar-refractivity contribution < 1.29 is 28.1 Å². The summed E-state index contributed by atoms with van der Waals surface area (Å²) < 4.78 is 38.7. The molecule has 0 saturated heterocycles. The number of aromatic nitrogens is 4. The molecule has 1 aromatic carbocycles. The Labute approximate surface area is 229 Å². The first kappa shape index (κ1) is 27.8. The van der Waals surface area contributed by atoms with E-state index in [-0.39, 0.29) is 23.0 Å². The zero-order chi connectivity index (χ0) is 28.6. The minimum absolute atomic E-state index is 0.0404. The van der Waals surface area contributed by atoms with Crippen LogP contribution in [-0.2, 0) is 0 Å². The molecule has 0 radical (unpaired) electrons. The maximum absolute atomic E-state index is 15.1. The highest BCUT2D eigenvalue weighted by atomic mass is 19.1.